The molecule has 0 spiro atoms. The first-order valence-electron chi connectivity index (χ1n) is 7.63. The predicted molar refractivity (Wildman–Crippen MR) is 89.2 cm³/mol. The topological polar surface area (TPSA) is 72.4 Å². The Morgan fingerprint density at radius 1 is 1.43 bits per heavy atom. The van der Waals surface area contributed by atoms with Crippen LogP contribution in [0, 0.1) is 5.41 Å². The van der Waals surface area contributed by atoms with Gasteiger partial charge in [0.15, 0.2) is 17.8 Å². The van der Waals surface area contributed by atoms with Crippen molar-refractivity contribution in [3.05, 3.63) is 41.4 Å². The van der Waals surface area contributed by atoms with Gasteiger partial charge in [-0.15, -0.1) is 0 Å². The van der Waals surface area contributed by atoms with Gasteiger partial charge in [-0.1, -0.05) is 37.6 Å². The molecule has 1 amide bonds. The average molecular weight is 334 g/mol. The molecule has 2 aromatic rings. The number of benzene rings is 1. The van der Waals surface area contributed by atoms with Gasteiger partial charge in [-0.05, 0) is 24.0 Å². The third kappa shape index (κ3) is 2.99. The second-order valence-corrected chi connectivity index (χ2v) is 7.03. The molecule has 1 aromatic carbocycles. The number of rotatable bonds is 2. The Balaban J connectivity index is 1.91. The maximum atomic E-state index is 12.9. The first-order valence-corrected chi connectivity index (χ1v) is 8.01. The van der Waals surface area contributed by atoms with Gasteiger partial charge in [-0.25, -0.2) is 4.98 Å². The quantitative estimate of drug-likeness (QED) is 0.916. The number of hydrogen-bond acceptors (Lipinski definition) is 4. The highest BCUT2D eigenvalue weighted by Crippen LogP contribution is 2.33. The first-order chi connectivity index (χ1) is 10.9. The monoisotopic (exact) mass is 333 g/mol. The molecule has 1 aliphatic heterocycles. The van der Waals surface area contributed by atoms with Crippen LogP contribution in [0.5, 0.6) is 0 Å². The van der Waals surface area contributed by atoms with Crippen molar-refractivity contribution in [2.75, 3.05) is 13.1 Å². The van der Waals surface area contributed by atoms with Crippen LogP contribution in [-0.2, 0) is 0 Å². The first kappa shape index (κ1) is 16.0. The van der Waals surface area contributed by atoms with Crippen LogP contribution in [0.2, 0.25) is 5.02 Å². The third-order valence-electron chi connectivity index (χ3n) is 4.49. The third-order valence-corrected chi connectivity index (χ3v) is 4.82. The van der Waals surface area contributed by atoms with E-state index < -0.39 is 0 Å². The normalized spacial score (nSPS) is 20.5. The molecule has 2 heterocycles. The lowest BCUT2D eigenvalue weighted by Crippen LogP contribution is -2.54. The largest absolute Gasteiger partial charge is 0.443 e. The number of carbonyl (C=O) groups excluding carboxylic acids is 1. The summed E-state index contributed by atoms with van der Waals surface area (Å²) in [7, 11) is 0. The summed E-state index contributed by atoms with van der Waals surface area (Å²) in [6, 6.07) is 7.35. The molecule has 2 N–H and O–H groups in total. The summed E-state index contributed by atoms with van der Waals surface area (Å²) in [4.78, 5) is 18.8. The molecule has 3 rings (SSSR count). The highest BCUT2D eigenvalue weighted by molar-refractivity contribution is 6.33. The van der Waals surface area contributed by atoms with E-state index in [9.17, 15) is 4.79 Å². The summed E-state index contributed by atoms with van der Waals surface area (Å²) < 4.78 is 5.45. The number of aromatic nitrogens is 1. The van der Waals surface area contributed by atoms with Crippen molar-refractivity contribution in [2.24, 2.45) is 11.1 Å². The number of carbonyl (C=O) groups is 1. The van der Waals surface area contributed by atoms with Crippen LogP contribution in [0.3, 0.4) is 0 Å². The van der Waals surface area contributed by atoms with Gasteiger partial charge in [0.25, 0.3) is 5.91 Å². The molecule has 1 aromatic heterocycles. The molecule has 1 saturated heterocycles. The Morgan fingerprint density at radius 3 is 2.87 bits per heavy atom. The standard InChI is InChI=1S/C17H20ClN3O2/c1-17(2)9-21(8-7-13(17)19)16(22)14-15(23-10-20-14)11-5-3-4-6-12(11)18/h3-6,10,13H,7-9,19H2,1-2H3. The molecule has 23 heavy (non-hydrogen) atoms. The molecule has 1 atom stereocenters. The molecule has 1 fully saturated rings. The number of oxazole rings is 1. The smallest absolute Gasteiger partial charge is 0.276 e. The van der Waals surface area contributed by atoms with Gasteiger partial charge in [-0.3, -0.25) is 4.79 Å². The molecule has 6 heteroatoms. The fourth-order valence-corrected chi connectivity index (χ4v) is 3.15. The summed E-state index contributed by atoms with van der Waals surface area (Å²) in [5, 5.41) is 0.527. The van der Waals surface area contributed by atoms with Crippen LogP contribution >= 0.6 is 11.6 Å². The van der Waals surface area contributed by atoms with E-state index in [1.165, 1.54) is 6.39 Å². The zero-order valence-corrected chi connectivity index (χ0v) is 14.0. The zero-order chi connectivity index (χ0) is 16.6. The average Bonchev–Trinajstić information content (AvgIpc) is 2.99. The SMILES string of the molecule is CC1(C)CN(C(=O)c2ncoc2-c2ccccc2Cl)CCC1N. The van der Waals surface area contributed by atoms with Crippen LogP contribution in [0.4, 0.5) is 0 Å². The Labute approximate surface area is 140 Å². The van der Waals surface area contributed by atoms with Crippen LogP contribution in [-0.4, -0.2) is 34.9 Å². The van der Waals surface area contributed by atoms with Crippen molar-refractivity contribution < 1.29 is 9.21 Å². The van der Waals surface area contributed by atoms with Crippen molar-refractivity contribution in [1.82, 2.24) is 9.88 Å². The number of piperidine rings is 1. The van der Waals surface area contributed by atoms with E-state index in [1.54, 1.807) is 11.0 Å². The predicted octanol–water partition coefficient (Wildman–Crippen LogP) is 3.19. The maximum absolute atomic E-state index is 12.9. The molecular formula is C17H20ClN3O2. The molecule has 1 aliphatic rings. The van der Waals surface area contributed by atoms with Gasteiger partial charge in [-0.2, -0.15) is 0 Å². The Hall–Kier alpha value is -1.85. The van der Waals surface area contributed by atoms with Crippen LogP contribution in [0.1, 0.15) is 30.8 Å². The molecule has 1 unspecified atom stereocenters. The van der Waals surface area contributed by atoms with E-state index in [-0.39, 0.29) is 17.4 Å². The second kappa shape index (κ2) is 5.98. The minimum atomic E-state index is -0.145. The van der Waals surface area contributed by atoms with Crippen LogP contribution in [0.25, 0.3) is 11.3 Å². The molecule has 0 radical (unpaired) electrons. The summed E-state index contributed by atoms with van der Waals surface area (Å²) in [5.41, 5.74) is 6.99. The Bertz CT molecular complexity index is 726. The summed E-state index contributed by atoms with van der Waals surface area (Å²) in [5.74, 6) is 0.266. The molecule has 0 saturated carbocycles. The lowest BCUT2D eigenvalue weighted by atomic mass is 9.79. The van der Waals surface area contributed by atoms with Crippen molar-refractivity contribution in [1.29, 1.82) is 0 Å². The number of halogens is 1. The minimum absolute atomic E-state index is 0.0897. The number of nitrogens with zero attached hydrogens (tertiary/aromatic N) is 2. The maximum Gasteiger partial charge on any atom is 0.276 e. The fraction of sp³-hybridized carbons (Fsp3) is 0.412. The number of hydrogen-bond donors (Lipinski definition) is 1. The van der Waals surface area contributed by atoms with E-state index in [4.69, 9.17) is 21.8 Å². The van der Waals surface area contributed by atoms with E-state index >= 15 is 0 Å². The van der Waals surface area contributed by atoms with Crippen molar-refractivity contribution in [3.63, 3.8) is 0 Å². The fourth-order valence-electron chi connectivity index (χ4n) is 2.93. The van der Waals surface area contributed by atoms with E-state index in [0.717, 1.165) is 6.42 Å². The zero-order valence-electron chi connectivity index (χ0n) is 13.3. The summed E-state index contributed by atoms with van der Waals surface area (Å²) >= 11 is 6.21. The van der Waals surface area contributed by atoms with Crippen molar-refractivity contribution in [2.45, 2.75) is 26.3 Å². The lowest BCUT2D eigenvalue weighted by molar-refractivity contribution is 0.0528. The van der Waals surface area contributed by atoms with E-state index in [2.05, 4.69) is 18.8 Å². The van der Waals surface area contributed by atoms with Gasteiger partial charge < -0.3 is 15.1 Å². The number of likely N-dealkylation sites (tertiary alicyclic amines) is 1. The molecule has 0 bridgehead atoms. The van der Waals surface area contributed by atoms with Crippen molar-refractivity contribution in [3.8, 4) is 11.3 Å². The summed E-state index contributed by atoms with van der Waals surface area (Å²) in [6.07, 6.45) is 2.06. The highest BCUT2D eigenvalue weighted by Gasteiger charge is 2.37. The van der Waals surface area contributed by atoms with E-state index in [0.29, 0.717) is 35.1 Å². The number of nitrogens with two attached hydrogens (primary N) is 1. The van der Waals surface area contributed by atoms with Gasteiger partial charge in [0.1, 0.15) is 0 Å². The van der Waals surface area contributed by atoms with Crippen molar-refractivity contribution >= 4 is 17.5 Å². The second-order valence-electron chi connectivity index (χ2n) is 6.62. The van der Waals surface area contributed by atoms with Crippen LogP contribution < -0.4 is 5.73 Å². The van der Waals surface area contributed by atoms with Gasteiger partial charge in [0, 0.05) is 24.7 Å². The van der Waals surface area contributed by atoms with Gasteiger partial charge in [0.05, 0.1) is 5.02 Å². The summed E-state index contributed by atoms with van der Waals surface area (Å²) in [6.45, 7) is 5.38. The Morgan fingerprint density at radius 2 is 2.17 bits per heavy atom. The molecule has 5 nitrogen and oxygen atoms in total. The highest BCUT2D eigenvalue weighted by atomic mass is 35.5. The van der Waals surface area contributed by atoms with Crippen LogP contribution in [0.15, 0.2) is 35.1 Å². The lowest BCUT2D eigenvalue weighted by Gasteiger charge is -2.42. The van der Waals surface area contributed by atoms with E-state index in [1.807, 2.05) is 18.2 Å². The minimum Gasteiger partial charge on any atom is -0.443 e. The van der Waals surface area contributed by atoms with Gasteiger partial charge in [0.2, 0.25) is 0 Å². The molecular weight excluding hydrogens is 314 g/mol. The molecule has 122 valence electrons. The molecule has 0 aliphatic carbocycles. The Kier molecular flexibility index (Phi) is 4.17. The van der Waals surface area contributed by atoms with Gasteiger partial charge >= 0.3 is 0 Å². The number of amides is 1.